The van der Waals surface area contributed by atoms with Gasteiger partial charge in [0.1, 0.15) is 12.2 Å². The minimum absolute atomic E-state index is 0.221. The molecular weight excluding hydrogens is 222 g/mol. The number of hydrogen-bond acceptors (Lipinski definition) is 4. The van der Waals surface area contributed by atoms with Crippen molar-refractivity contribution >= 4 is 12.1 Å². The third-order valence-electron chi connectivity index (χ3n) is 1.59. The van der Waals surface area contributed by atoms with Gasteiger partial charge in [-0.05, 0) is 27.2 Å². The zero-order chi connectivity index (χ0) is 13.3. The lowest BCUT2D eigenvalue weighted by Crippen LogP contribution is -2.33. The van der Waals surface area contributed by atoms with E-state index in [1.54, 1.807) is 20.8 Å². The van der Waals surface area contributed by atoms with E-state index in [1.165, 1.54) is 6.08 Å². The molecule has 0 aliphatic carbocycles. The van der Waals surface area contributed by atoms with Crippen molar-refractivity contribution < 1.29 is 19.1 Å². The largest absolute Gasteiger partial charge is 0.461 e. The first kappa shape index (κ1) is 15.5. The Hall–Kier alpha value is -1.52. The van der Waals surface area contributed by atoms with Gasteiger partial charge in [-0.2, -0.15) is 0 Å². The first-order valence-corrected chi connectivity index (χ1v) is 5.58. The molecule has 5 heteroatoms. The number of nitrogens with one attached hydrogen (secondary N) is 1. The fourth-order valence-electron chi connectivity index (χ4n) is 0.961. The minimum atomic E-state index is -0.507. The molecule has 0 heterocycles. The number of ether oxygens (including phenoxy) is 2. The smallest absolute Gasteiger partial charge is 0.407 e. The minimum Gasteiger partial charge on any atom is -0.461 e. The Labute approximate surface area is 102 Å². The third-order valence-corrected chi connectivity index (χ3v) is 1.59. The Morgan fingerprint density at radius 2 is 2.00 bits per heavy atom. The third kappa shape index (κ3) is 10.8. The van der Waals surface area contributed by atoms with E-state index in [2.05, 4.69) is 11.9 Å². The lowest BCUT2D eigenvalue weighted by atomic mass is 10.2. The topological polar surface area (TPSA) is 64.6 Å². The Balaban J connectivity index is 3.54. The summed E-state index contributed by atoms with van der Waals surface area (Å²) in [5, 5.41) is 2.56. The molecular formula is C12H21NO4. The molecule has 5 nitrogen and oxygen atoms in total. The molecule has 17 heavy (non-hydrogen) atoms. The molecule has 0 aromatic carbocycles. The lowest BCUT2D eigenvalue weighted by Gasteiger charge is -2.19. The summed E-state index contributed by atoms with van der Waals surface area (Å²) >= 11 is 0. The van der Waals surface area contributed by atoms with Crippen LogP contribution in [0.15, 0.2) is 12.7 Å². The fourth-order valence-corrected chi connectivity index (χ4v) is 0.961. The Bertz CT molecular complexity index is 268. The van der Waals surface area contributed by atoms with E-state index >= 15 is 0 Å². The number of alkyl carbamates (subject to hydrolysis) is 1. The predicted molar refractivity (Wildman–Crippen MR) is 64.6 cm³/mol. The number of esters is 1. The SMILES string of the molecule is C=CCOC(=O)CCCNC(=O)OC(C)(C)C. The average molecular weight is 243 g/mol. The van der Waals surface area contributed by atoms with Crippen molar-refractivity contribution in [2.45, 2.75) is 39.2 Å². The summed E-state index contributed by atoms with van der Waals surface area (Å²) < 4.78 is 9.81. The maximum atomic E-state index is 11.2. The van der Waals surface area contributed by atoms with E-state index in [1.807, 2.05) is 0 Å². The molecule has 0 aliphatic heterocycles. The molecule has 0 saturated heterocycles. The second-order valence-electron chi connectivity index (χ2n) is 4.50. The van der Waals surface area contributed by atoms with Gasteiger partial charge in [0.15, 0.2) is 0 Å². The zero-order valence-corrected chi connectivity index (χ0v) is 10.7. The molecule has 0 bridgehead atoms. The second kappa shape index (κ2) is 7.70. The van der Waals surface area contributed by atoms with Crippen molar-refractivity contribution in [3.8, 4) is 0 Å². The van der Waals surface area contributed by atoms with E-state index in [0.29, 0.717) is 13.0 Å². The summed E-state index contributed by atoms with van der Waals surface area (Å²) in [6, 6.07) is 0. The van der Waals surface area contributed by atoms with Crippen molar-refractivity contribution in [2.24, 2.45) is 0 Å². The molecule has 0 fully saturated rings. The number of amides is 1. The van der Waals surface area contributed by atoms with Crippen molar-refractivity contribution in [3.05, 3.63) is 12.7 Å². The van der Waals surface area contributed by atoms with Crippen LogP contribution in [0, 0.1) is 0 Å². The van der Waals surface area contributed by atoms with Crippen LogP contribution in [0.1, 0.15) is 33.6 Å². The van der Waals surface area contributed by atoms with Crippen molar-refractivity contribution in [1.82, 2.24) is 5.32 Å². The highest BCUT2D eigenvalue weighted by molar-refractivity contribution is 5.70. The van der Waals surface area contributed by atoms with E-state index in [0.717, 1.165) is 0 Å². The highest BCUT2D eigenvalue weighted by Gasteiger charge is 2.15. The molecule has 0 radical (unpaired) electrons. The molecule has 0 aromatic heterocycles. The number of hydrogen-bond donors (Lipinski definition) is 1. The van der Waals surface area contributed by atoms with Gasteiger partial charge in [0.2, 0.25) is 0 Å². The summed E-state index contributed by atoms with van der Waals surface area (Å²) in [6.45, 7) is 9.42. The van der Waals surface area contributed by atoms with Gasteiger partial charge >= 0.3 is 12.1 Å². The summed E-state index contributed by atoms with van der Waals surface area (Å²) in [5.41, 5.74) is -0.507. The summed E-state index contributed by atoms with van der Waals surface area (Å²) in [5.74, 6) is -0.295. The van der Waals surface area contributed by atoms with Crippen LogP contribution in [0.3, 0.4) is 0 Å². The van der Waals surface area contributed by atoms with Gasteiger partial charge in [0, 0.05) is 13.0 Å². The number of carbonyl (C=O) groups excluding carboxylic acids is 2. The monoisotopic (exact) mass is 243 g/mol. The lowest BCUT2D eigenvalue weighted by molar-refractivity contribution is -0.142. The van der Waals surface area contributed by atoms with E-state index in [-0.39, 0.29) is 19.0 Å². The summed E-state index contributed by atoms with van der Waals surface area (Å²) in [7, 11) is 0. The molecule has 1 N–H and O–H groups in total. The van der Waals surface area contributed by atoms with Crippen LogP contribution in [0.4, 0.5) is 4.79 Å². The number of carbonyl (C=O) groups is 2. The molecule has 0 saturated carbocycles. The van der Waals surface area contributed by atoms with Crippen LogP contribution < -0.4 is 5.32 Å². The molecule has 0 atom stereocenters. The standard InChI is InChI=1S/C12H21NO4/c1-5-9-16-10(14)7-6-8-13-11(15)17-12(2,3)4/h5H,1,6-9H2,2-4H3,(H,13,15). The highest BCUT2D eigenvalue weighted by atomic mass is 16.6. The average Bonchev–Trinajstić information content (AvgIpc) is 2.19. The Morgan fingerprint density at radius 3 is 2.53 bits per heavy atom. The maximum absolute atomic E-state index is 11.2. The highest BCUT2D eigenvalue weighted by Crippen LogP contribution is 2.06. The molecule has 98 valence electrons. The first-order chi connectivity index (χ1) is 7.85. The van der Waals surface area contributed by atoms with Crippen LogP contribution in [-0.2, 0) is 14.3 Å². The normalized spacial score (nSPS) is 10.5. The van der Waals surface area contributed by atoms with Gasteiger partial charge in [0.25, 0.3) is 0 Å². The first-order valence-electron chi connectivity index (χ1n) is 5.58. The van der Waals surface area contributed by atoms with Crippen molar-refractivity contribution in [2.75, 3.05) is 13.2 Å². The molecule has 1 amide bonds. The van der Waals surface area contributed by atoms with Crippen LogP contribution in [0.5, 0.6) is 0 Å². The van der Waals surface area contributed by atoms with Crippen molar-refractivity contribution in [3.63, 3.8) is 0 Å². The molecule has 0 aliphatic rings. The molecule has 0 spiro atoms. The molecule has 0 unspecified atom stereocenters. The van der Waals surface area contributed by atoms with Gasteiger partial charge in [0.05, 0.1) is 0 Å². The second-order valence-corrected chi connectivity index (χ2v) is 4.50. The van der Waals surface area contributed by atoms with Gasteiger partial charge < -0.3 is 14.8 Å². The van der Waals surface area contributed by atoms with Gasteiger partial charge in [-0.15, -0.1) is 0 Å². The quantitative estimate of drug-likeness (QED) is 0.440. The molecule has 0 rings (SSSR count). The van der Waals surface area contributed by atoms with Crippen molar-refractivity contribution in [1.29, 1.82) is 0 Å². The summed E-state index contributed by atoms with van der Waals surface area (Å²) in [4.78, 5) is 22.3. The Morgan fingerprint density at radius 1 is 1.35 bits per heavy atom. The van der Waals surface area contributed by atoms with Gasteiger partial charge in [-0.1, -0.05) is 12.7 Å². The van der Waals surface area contributed by atoms with E-state index in [9.17, 15) is 9.59 Å². The van der Waals surface area contributed by atoms with Crippen LogP contribution >= 0.6 is 0 Å². The van der Waals surface area contributed by atoms with E-state index < -0.39 is 11.7 Å². The number of rotatable bonds is 6. The predicted octanol–water partition coefficient (Wildman–Crippen LogP) is 2.02. The zero-order valence-electron chi connectivity index (χ0n) is 10.7. The van der Waals surface area contributed by atoms with Crippen LogP contribution in [0.25, 0.3) is 0 Å². The van der Waals surface area contributed by atoms with Gasteiger partial charge in [-0.25, -0.2) is 4.79 Å². The fraction of sp³-hybridized carbons (Fsp3) is 0.667. The summed E-state index contributed by atoms with van der Waals surface area (Å²) in [6.07, 6.45) is 1.83. The molecule has 0 aromatic rings. The van der Waals surface area contributed by atoms with Crippen LogP contribution in [-0.4, -0.2) is 30.8 Å². The van der Waals surface area contributed by atoms with Gasteiger partial charge in [-0.3, -0.25) is 4.79 Å². The Kier molecular flexibility index (Phi) is 7.02. The van der Waals surface area contributed by atoms with E-state index in [4.69, 9.17) is 9.47 Å². The maximum Gasteiger partial charge on any atom is 0.407 e. The van der Waals surface area contributed by atoms with Crippen LogP contribution in [0.2, 0.25) is 0 Å².